The lowest BCUT2D eigenvalue weighted by Gasteiger charge is -2.04. The van der Waals surface area contributed by atoms with Crippen LogP contribution in [0.2, 0.25) is 0 Å². The van der Waals surface area contributed by atoms with Crippen LogP contribution in [0.1, 0.15) is 126 Å². The van der Waals surface area contributed by atoms with E-state index in [0.29, 0.717) is 0 Å². The maximum atomic E-state index is 10.7. The molecule has 3 heteroatoms. The minimum absolute atomic E-state index is 0.126. The van der Waals surface area contributed by atoms with Crippen LogP contribution in [0.25, 0.3) is 12.2 Å². The number of non-ortho nitro benzene ring substituents is 1. The molecule has 0 N–H and O–H groups in total. The van der Waals surface area contributed by atoms with Crippen LogP contribution in [0.4, 0.5) is 5.69 Å². The minimum Gasteiger partial charge on any atom is -0.258 e. The van der Waals surface area contributed by atoms with E-state index in [1.807, 2.05) is 6.08 Å². The molecule has 35 heavy (non-hydrogen) atoms. The molecule has 0 aromatic heterocycles. The molecule has 0 aliphatic carbocycles. The van der Waals surface area contributed by atoms with E-state index < -0.39 is 0 Å². The van der Waals surface area contributed by atoms with Gasteiger partial charge in [0.2, 0.25) is 0 Å². The highest BCUT2D eigenvalue weighted by Crippen LogP contribution is 2.17. The normalized spacial score (nSPS) is 11.3. The first-order chi connectivity index (χ1) is 17.2. The van der Waals surface area contributed by atoms with E-state index in [0.717, 1.165) is 17.5 Å². The molecule has 0 radical (unpaired) electrons. The summed E-state index contributed by atoms with van der Waals surface area (Å²) >= 11 is 0. The average Bonchev–Trinajstić information content (AvgIpc) is 2.88. The highest BCUT2D eigenvalue weighted by Gasteiger charge is 2.02. The number of nitro groups is 1. The van der Waals surface area contributed by atoms with E-state index in [-0.39, 0.29) is 10.6 Å². The number of benzene rings is 2. The van der Waals surface area contributed by atoms with Crippen LogP contribution < -0.4 is 0 Å². The molecule has 0 amide bonds. The Labute approximate surface area is 214 Å². The average molecular weight is 478 g/mol. The summed E-state index contributed by atoms with van der Waals surface area (Å²) in [7, 11) is 0. The lowest BCUT2D eigenvalue weighted by Crippen LogP contribution is -1.87. The summed E-state index contributed by atoms with van der Waals surface area (Å²) in [5.41, 5.74) is 3.65. The van der Waals surface area contributed by atoms with Gasteiger partial charge in [0.15, 0.2) is 0 Å². The van der Waals surface area contributed by atoms with Gasteiger partial charge in [0.05, 0.1) is 4.92 Å². The summed E-state index contributed by atoms with van der Waals surface area (Å²) in [6, 6.07) is 15.4. The molecule has 3 nitrogen and oxygen atoms in total. The fraction of sp³-hybridized carbons (Fsp3) is 0.562. The SMILES string of the molecule is CCCCCCCCCCCCCCCCCCc1ccc(C=Cc2ccc([N+](=O)[O-])cc2)cc1. The monoisotopic (exact) mass is 477 g/mol. The molecule has 0 saturated heterocycles. The van der Waals surface area contributed by atoms with Crippen LogP contribution >= 0.6 is 0 Å². The number of hydrogen-bond acceptors (Lipinski definition) is 2. The Morgan fingerprint density at radius 1 is 0.571 bits per heavy atom. The van der Waals surface area contributed by atoms with E-state index in [2.05, 4.69) is 37.3 Å². The largest absolute Gasteiger partial charge is 0.269 e. The molecule has 0 fully saturated rings. The summed E-state index contributed by atoms with van der Waals surface area (Å²) in [4.78, 5) is 10.4. The van der Waals surface area contributed by atoms with Crippen molar-refractivity contribution in [1.29, 1.82) is 0 Å². The van der Waals surface area contributed by atoms with Gasteiger partial charge in [0, 0.05) is 12.1 Å². The molecule has 0 aliphatic rings. The quantitative estimate of drug-likeness (QED) is 0.0823. The molecule has 0 bridgehead atoms. The Morgan fingerprint density at radius 2 is 0.943 bits per heavy atom. The van der Waals surface area contributed by atoms with Crippen LogP contribution in [0.15, 0.2) is 48.5 Å². The number of nitro benzene ring substituents is 1. The molecule has 2 aromatic carbocycles. The van der Waals surface area contributed by atoms with Gasteiger partial charge in [0.25, 0.3) is 5.69 Å². The van der Waals surface area contributed by atoms with Crippen LogP contribution in [0.3, 0.4) is 0 Å². The Balaban J connectivity index is 1.45. The minimum atomic E-state index is -0.369. The van der Waals surface area contributed by atoms with Gasteiger partial charge in [-0.3, -0.25) is 10.1 Å². The number of unbranched alkanes of at least 4 members (excludes halogenated alkanes) is 15. The molecular weight excluding hydrogens is 430 g/mol. The van der Waals surface area contributed by atoms with Gasteiger partial charge in [-0.2, -0.15) is 0 Å². The van der Waals surface area contributed by atoms with Gasteiger partial charge in [-0.05, 0) is 41.7 Å². The van der Waals surface area contributed by atoms with Gasteiger partial charge in [-0.1, -0.05) is 140 Å². The lowest BCUT2D eigenvalue weighted by atomic mass is 10.0. The first kappa shape index (κ1) is 28.8. The third-order valence-corrected chi connectivity index (χ3v) is 6.87. The van der Waals surface area contributed by atoms with Crippen molar-refractivity contribution in [3.63, 3.8) is 0 Å². The van der Waals surface area contributed by atoms with E-state index in [9.17, 15) is 10.1 Å². The van der Waals surface area contributed by atoms with E-state index in [1.54, 1.807) is 24.3 Å². The third kappa shape index (κ3) is 13.9. The van der Waals surface area contributed by atoms with Crippen molar-refractivity contribution >= 4 is 17.8 Å². The Bertz CT molecular complexity index is 824. The summed E-state index contributed by atoms with van der Waals surface area (Å²) in [6.45, 7) is 2.29. The van der Waals surface area contributed by atoms with E-state index in [4.69, 9.17) is 0 Å². The fourth-order valence-corrected chi connectivity index (χ4v) is 4.57. The standard InChI is InChI=1S/C32H47NO2/c1-2-3-4-5-6-7-8-9-10-11-12-13-14-15-16-17-18-29-19-21-30(22-20-29)23-24-31-25-27-32(28-26-31)33(34)35/h19-28H,2-18H2,1H3. The lowest BCUT2D eigenvalue weighted by molar-refractivity contribution is -0.384. The van der Waals surface area contributed by atoms with Crippen LogP contribution in [0.5, 0.6) is 0 Å². The number of nitrogens with zero attached hydrogens (tertiary/aromatic N) is 1. The molecule has 2 rings (SSSR count). The Morgan fingerprint density at radius 3 is 1.34 bits per heavy atom. The topological polar surface area (TPSA) is 43.1 Å². The van der Waals surface area contributed by atoms with Crippen molar-refractivity contribution < 1.29 is 4.92 Å². The number of hydrogen-bond donors (Lipinski definition) is 0. The smallest absolute Gasteiger partial charge is 0.258 e. The summed E-state index contributed by atoms with van der Waals surface area (Å²) < 4.78 is 0. The van der Waals surface area contributed by atoms with Crippen LogP contribution in [0, 0.1) is 10.1 Å². The van der Waals surface area contributed by atoms with Crippen molar-refractivity contribution in [2.24, 2.45) is 0 Å². The van der Waals surface area contributed by atoms with Gasteiger partial charge in [-0.25, -0.2) is 0 Å². The predicted octanol–water partition coefficient (Wildman–Crippen LogP) is 10.6. The van der Waals surface area contributed by atoms with E-state index >= 15 is 0 Å². The van der Waals surface area contributed by atoms with Crippen molar-refractivity contribution in [2.45, 2.75) is 116 Å². The summed E-state index contributed by atoms with van der Waals surface area (Å²) in [5, 5.41) is 10.7. The van der Waals surface area contributed by atoms with Gasteiger partial charge in [-0.15, -0.1) is 0 Å². The van der Waals surface area contributed by atoms with Crippen molar-refractivity contribution in [3.05, 3.63) is 75.3 Å². The molecule has 2 aromatic rings. The molecule has 192 valence electrons. The van der Waals surface area contributed by atoms with Crippen LogP contribution in [-0.2, 0) is 6.42 Å². The molecular formula is C32H47NO2. The van der Waals surface area contributed by atoms with Crippen LogP contribution in [-0.4, -0.2) is 4.92 Å². The summed E-state index contributed by atoms with van der Waals surface area (Å²) in [6.07, 6.45) is 27.7. The number of rotatable bonds is 20. The summed E-state index contributed by atoms with van der Waals surface area (Å²) in [5.74, 6) is 0. The predicted molar refractivity (Wildman–Crippen MR) is 152 cm³/mol. The van der Waals surface area contributed by atoms with Crippen molar-refractivity contribution in [3.8, 4) is 0 Å². The zero-order chi connectivity index (χ0) is 25.0. The first-order valence-electron chi connectivity index (χ1n) is 14.2. The molecule has 0 saturated carbocycles. The molecule has 0 unspecified atom stereocenters. The molecule has 0 heterocycles. The first-order valence-corrected chi connectivity index (χ1v) is 14.2. The maximum Gasteiger partial charge on any atom is 0.269 e. The second-order valence-electron chi connectivity index (χ2n) is 9.98. The van der Waals surface area contributed by atoms with Crippen molar-refractivity contribution in [1.82, 2.24) is 0 Å². The van der Waals surface area contributed by atoms with Crippen molar-refractivity contribution in [2.75, 3.05) is 0 Å². The highest BCUT2D eigenvalue weighted by atomic mass is 16.6. The van der Waals surface area contributed by atoms with Gasteiger partial charge < -0.3 is 0 Å². The zero-order valence-electron chi connectivity index (χ0n) is 22.1. The molecule has 0 spiro atoms. The Hall–Kier alpha value is -2.42. The molecule has 0 aliphatic heterocycles. The zero-order valence-corrected chi connectivity index (χ0v) is 22.1. The van der Waals surface area contributed by atoms with E-state index in [1.165, 1.54) is 108 Å². The second-order valence-corrected chi connectivity index (χ2v) is 9.98. The molecule has 0 atom stereocenters. The highest BCUT2D eigenvalue weighted by molar-refractivity contribution is 5.70. The van der Waals surface area contributed by atoms with Gasteiger partial charge >= 0.3 is 0 Å². The number of aryl methyl sites for hydroxylation is 1. The third-order valence-electron chi connectivity index (χ3n) is 6.87. The fourth-order valence-electron chi connectivity index (χ4n) is 4.57. The second kappa shape index (κ2) is 18.9. The maximum absolute atomic E-state index is 10.7. The van der Waals surface area contributed by atoms with Gasteiger partial charge in [0.1, 0.15) is 0 Å². The Kier molecular flexibility index (Phi) is 15.5.